The predicted molar refractivity (Wildman–Crippen MR) is 98.7 cm³/mol. The Morgan fingerprint density at radius 3 is 2.50 bits per heavy atom. The summed E-state index contributed by atoms with van der Waals surface area (Å²) in [6, 6.07) is 6.07. The van der Waals surface area contributed by atoms with Gasteiger partial charge in [-0.2, -0.15) is 0 Å². The topological polar surface area (TPSA) is 88.2 Å². The molecule has 1 heterocycles. The second kappa shape index (κ2) is 8.61. The Kier molecular flexibility index (Phi) is 6.51. The lowest BCUT2D eigenvalue weighted by Gasteiger charge is -2.22. The van der Waals surface area contributed by atoms with Gasteiger partial charge < -0.3 is 19.7 Å². The number of carbonyl (C=O) groups excluding carboxylic acids is 3. The number of anilines is 1. The number of hydrogen-bond acceptors (Lipinski definition) is 6. The molecule has 1 aliphatic rings. The second-order valence-electron chi connectivity index (χ2n) is 5.61. The monoisotopic (exact) mass is 379 g/mol. The molecule has 140 valence electrons. The van der Waals surface area contributed by atoms with Crippen LogP contribution in [0.5, 0.6) is 5.75 Å². The van der Waals surface area contributed by atoms with Gasteiger partial charge in [-0.05, 0) is 43.4 Å². The number of nitrogens with zero attached hydrogens (tertiary/aromatic N) is 2. The molecule has 1 atom stereocenters. The zero-order chi connectivity index (χ0) is 19.3. The third kappa shape index (κ3) is 4.48. The van der Waals surface area contributed by atoms with E-state index in [4.69, 9.17) is 17.0 Å². The molecule has 2 rings (SSSR count). The average molecular weight is 379 g/mol. The highest BCUT2D eigenvalue weighted by Crippen LogP contribution is 2.21. The molecule has 0 radical (unpaired) electrons. The number of benzene rings is 1. The zero-order valence-electron chi connectivity index (χ0n) is 14.9. The summed E-state index contributed by atoms with van der Waals surface area (Å²) < 4.78 is 9.97. The number of rotatable bonds is 7. The van der Waals surface area contributed by atoms with Crippen LogP contribution in [0.4, 0.5) is 5.69 Å². The van der Waals surface area contributed by atoms with Crippen molar-refractivity contribution in [3.63, 3.8) is 0 Å². The quantitative estimate of drug-likeness (QED) is 0.559. The fourth-order valence-corrected chi connectivity index (χ4v) is 2.83. The van der Waals surface area contributed by atoms with Gasteiger partial charge in [-0.25, -0.2) is 0 Å². The van der Waals surface area contributed by atoms with Crippen LogP contribution in [0.3, 0.4) is 0 Å². The van der Waals surface area contributed by atoms with E-state index in [1.807, 2.05) is 6.92 Å². The van der Waals surface area contributed by atoms with Gasteiger partial charge in [0.1, 0.15) is 18.3 Å². The van der Waals surface area contributed by atoms with Crippen molar-refractivity contribution in [2.24, 2.45) is 0 Å². The minimum Gasteiger partial charge on any atom is -0.494 e. The van der Waals surface area contributed by atoms with E-state index in [1.165, 1.54) is 24.0 Å². The third-order valence-electron chi connectivity index (χ3n) is 3.88. The molecule has 1 aromatic rings. The van der Waals surface area contributed by atoms with Gasteiger partial charge in [0.25, 0.3) is 5.91 Å². The van der Waals surface area contributed by atoms with Crippen LogP contribution in [0.2, 0.25) is 0 Å². The van der Waals surface area contributed by atoms with Crippen molar-refractivity contribution < 1.29 is 23.9 Å². The zero-order valence-corrected chi connectivity index (χ0v) is 15.7. The van der Waals surface area contributed by atoms with Gasteiger partial charge in [-0.1, -0.05) is 0 Å². The van der Waals surface area contributed by atoms with Crippen LogP contribution in [0.25, 0.3) is 0 Å². The van der Waals surface area contributed by atoms with E-state index in [1.54, 1.807) is 24.3 Å². The van der Waals surface area contributed by atoms with Crippen molar-refractivity contribution in [2.75, 3.05) is 32.6 Å². The van der Waals surface area contributed by atoms with E-state index in [9.17, 15) is 14.4 Å². The van der Waals surface area contributed by atoms with Gasteiger partial charge in [0.05, 0.1) is 20.1 Å². The number of thiocarbonyl (C=S) groups is 1. The molecule has 1 unspecified atom stereocenters. The number of methoxy groups -OCH3 is 1. The van der Waals surface area contributed by atoms with Crippen molar-refractivity contribution in [1.29, 1.82) is 0 Å². The summed E-state index contributed by atoms with van der Waals surface area (Å²) in [5.41, 5.74) is 0.583. The maximum atomic E-state index is 12.3. The Bertz CT molecular complexity index is 707. The van der Waals surface area contributed by atoms with Crippen molar-refractivity contribution in [2.45, 2.75) is 19.4 Å². The second-order valence-corrected chi connectivity index (χ2v) is 5.97. The maximum absolute atomic E-state index is 12.3. The average Bonchev–Trinajstić information content (AvgIpc) is 2.81. The summed E-state index contributed by atoms with van der Waals surface area (Å²) in [6.45, 7) is 2.25. The van der Waals surface area contributed by atoms with Crippen molar-refractivity contribution in [3.8, 4) is 5.75 Å². The number of amides is 2. The standard InChI is InChI=1S/C17H21N3O5S/c1-4-25-12-7-5-11(6-8-12)18-14(21)9-13-16(23)19(2)17(26)20(13)10-15(22)24-3/h5-8,13H,4,9-10H2,1-3H3,(H,18,21). The van der Waals surface area contributed by atoms with Crippen LogP contribution in [0.1, 0.15) is 13.3 Å². The number of ether oxygens (including phenoxy) is 2. The van der Waals surface area contributed by atoms with Crippen molar-refractivity contribution in [3.05, 3.63) is 24.3 Å². The first-order valence-corrected chi connectivity index (χ1v) is 8.45. The number of nitrogens with one attached hydrogen (secondary N) is 1. The van der Waals surface area contributed by atoms with Crippen LogP contribution in [-0.2, 0) is 19.1 Å². The first-order valence-electron chi connectivity index (χ1n) is 8.05. The Hall–Kier alpha value is -2.68. The summed E-state index contributed by atoms with van der Waals surface area (Å²) in [4.78, 5) is 38.9. The summed E-state index contributed by atoms with van der Waals surface area (Å²) in [5.74, 6) is -0.527. The largest absolute Gasteiger partial charge is 0.494 e. The molecule has 1 aromatic carbocycles. The molecule has 1 saturated heterocycles. The number of esters is 1. The van der Waals surface area contributed by atoms with E-state index in [0.717, 1.165) is 0 Å². The van der Waals surface area contributed by atoms with Gasteiger partial charge >= 0.3 is 5.97 Å². The van der Waals surface area contributed by atoms with Gasteiger partial charge in [-0.15, -0.1) is 0 Å². The van der Waals surface area contributed by atoms with E-state index >= 15 is 0 Å². The molecule has 26 heavy (non-hydrogen) atoms. The van der Waals surface area contributed by atoms with Crippen molar-refractivity contribution >= 4 is 40.8 Å². The van der Waals surface area contributed by atoms with Gasteiger partial charge in [0, 0.05) is 12.7 Å². The Labute approximate surface area is 157 Å². The molecule has 2 amide bonds. The summed E-state index contributed by atoms with van der Waals surface area (Å²) >= 11 is 5.18. The van der Waals surface area contributed by atoms with Gasteiger partial charge in [0.15, 0.2) is 5.11 Å². The minimum atomic E-state index is -0.839. The third-order valence-corrected chi connectivity index (χ3v) is 4.39. The summed E-state index contributed by atoms with van der Waals surface area (Å²) in [7, 11) is 2.76. The maximum Gasteiger partial charge on any atom is 0.325 e. The predicted octanol–water partition coefficient (Wildman–Crippen LogP) is 1.01. The molecule has 9 heteroatoms. The van der Waals surface area contributed by atoms with E-state index in [0.29, 0.717) is 18.0 Å². The summed E-state index contributed by atoms with van der Waals surface area (Å²) in [5, 5.41) is 2.92. The van der Waals surface area contributed by atoms with Crippen LogP contribution in [0.15, 0.2) is 24.3 Å². The molecule has 0 bridgehead atoms. The van der Waals surface area contributed by atoms with Crippen LogP contribution in [0, 0.1) is 0 Å². The molecule has 0 aliphatic carbocycles. The Morgan fingerprint density at radius 1 is 1.27 bits per heavy atom. The lowest BCUT2D eigenvalue weighted by Crippen LogP contribution is -2.41. The number of hydrogen-bond donors (Lipinski definition) is 1. The molecule has 0 aromatic heterocycles. The molecule has 1 fully saturated rings. The molecule has 1 N–H and O–H groups in total. The lowest BCUT2D eigenvalue weighted by atomic mass is 10.1. The SMILES string of the molecule is CCOc1ccc(NC(=O)CC2C(=O)N(C)C(=S)N2CC(=O)OC)cc1. The highest BCUT2D eigenvalue weighted by molar-refractivity contribution is 7.80. The van der Waals surface area contributed by atoms with E-state index in [-0.39, 0.29) is 29.9 Å². The normalized spacial score (nSPS) is 16.7. The Morgan fingerprint density at radius 2 is 1.92 bits per heavy atom. The van der Waals surface area contributed by atoms with E-state index in [2.05, 4.69) is 10.1 Å². The fourth-order valence-electron chi connectivity index (χ4n) is 2.54. The highest BCUT2D eigenvalue weighted by atomic mass is 32.1. The molecular weight excluding hydrogens is 358 g/mol. The van der Waals surface area contributed by atoms with Gasteiger partial charge in [-0.3, -0.25) is 19.3 Å². The number of carbonyl (C=O) groups is 3. The smallest absolute Gasteiger partial charge is 0.325 e. The molecule has 0 saturated carbocycles. The van der Waals surface area contributed by atoms with Crippen LogP contribution < -0.4 is 10.1 Å². The highest BCUT2D eigenvalue weighted by Gasteiger charge is 2.42. The van der Waals surface area contributed by atoms with Crippen LogP contribution in [-0.4, -0.2) is 66.0 Å². The minimum absolute atomic E-state index is 0.131. The number of likely N-dealkylation sites (N-methyl/N-ethyl adjacent to an activating group) is 1. The molecular formula is C17H21N3O5S. The van der Waals surface area contributed by atoms with Gasteiger partial charge in [0.2, 0.25) is 5.91 Å². The first-order chi connectivity index (χ1) is 12.4. The Balaban J connectivity index is 2.03. The van der Waals surface area contributed by atoms with Crippen molar-refractivity contribution in [1.82, 2.24) is 9.80 Å². The molecule has 0 spiro atoms. The fraction of sp³-hybridized carbons (Fsp3) is 0.412. The first kappa shape index (κ1) is 19.6. The summed E-state index contributed by atoms with van der Waals surface area (Å²) in [6.07, 6.45) is -0.131. The molecule has 1 aliphatic heterocycles. The van der Waals surface area contributed by atoms with E-state index < -0.39 is 12.0 Å². The lowest BCUT2D eigenvalue weighted by molar-refractivity contribution is -0.141. The van der Waals surface area contributed by atoms with Crippen LogP contribution >= 0.6 is 12.2 Å². The molecule has 8 nitrogen and oxygen atoms in total.